The van der Waals surface area contributed by atoms with Crippen molar-refractivity contribution in [3.05, 3.63) is 52.9 Å². The second-order valence-electron chi connectivity index (χ2n) is 5.23. The van der Waals surface area contributed by atoms with Gasteiger partial charge in [-0.2, -0.15) is 17.5 Å². The number of halogens is 3. The molecule has 1 aromatic heterocycles. The lowest BCUT2D eigenvalue weighted by atomic mass is 10.1. The third kappa shape index (κ3) is 3.34. The van der Waals surface area contributed by atoms with Gasteiger partial charge in [0, 0.05) is 6.54 Å². The molecule has 130 valence electrons. The molecule has 0 N–H and O–H groups in total. The van der Waals surface area contributed by atoms with E-state index in [0.717, 1.165) is 17.7 Å². The Hall–Kier alpha value is -1.42. The molecule has 1 aliphatic rings. The summed E-state index contributed by atoms with van der Waals surface area (Å²) in [7, 11) is -4.03. The SMILES string of the molecule is O=S(=O)(c1ccc(C(F)(F)F)s1)N1CCOCC1c1ccccc1. The van der Waals surface area contributed by atoms with E-state index in [1.54, 1.807) is 30.3 Å². The van der Waals surface area contributed by atoms with E-state index in [1.165, 1.54) is 4.31 Å². The Balaban J connectivity index is 1.96. The molecule has 24 heavy (non-hydrogen) atoms. The van der Waals surface area contributed by atoms with Crippen LogP contribution in [0.1, 0.15) is 16.5 Å². The Labute approximate surface area is 141 Å². The smallest absolute Gasteiger partial charge is 0.378 e. The van der Waals surface area contributed by atoms with Crippen LogP contribution in [-0.2, 0) is 20.9 Å². The molecule has 1 fully saturated rings. The van der Waals surface area contributed by atoms with Gasteiger partial charge in [-0.25, -0.2) is 8.42 Å². The first kappa shape index (κ1) is 17.4. The van der Waals surface area contributed by atoms with Gasteiger partial charge < -0.3 is 4.74 Å². The summed E-state index contributed by atoms with van der Waals surface area (Å²) in [5, 5.41) is 0. The maximum Gasteiger partial charge on any atom is 0.425 e. The van der Waals surface area contributed by atoms with Gasteiger partial charge in [0.1, 0.15) is 9.09 Å². The molecular formula is C15H14F3NO3S2. The first-order chi connectivity index (χ1) is 11.3. The van der Waals surface area contributed by atoms with Crippen LogP contribution in [0.25, 0.3) is 0 Å². The highest BCUT2D eigenvalue weighted by Crippen LogP contribution is 2.38. The van der Waals surface area contributed by atoms with Crippen LogP contribution in [0.5, 0.6) is 0 Å². The molecule has 9 heteroatoms. The second-order valence-corrected chi connectivity index (χ2v) is 8.43. The normalized spacial score (nSPS) is 20.2. The van der Waals surface area contributed by atoms with Crippen LogP contribution >= 0.6 is 11.3 Å². The Kier molecular flexibility index (Phi) is 4.69. The number of thiophene rings is 1. The number of nitrogens with zero attached hydrogens (tertiary/aromatic N) is 1. The van der Waals surface area contributed by atoms with E-state index in [-0.39, 0.29) is 35.3 Å². The molecule has 0 aliphatic carbocycles. The summed E-state index contributed by atoms with van der Waals surface area (Å²) in [6, 6.07) is 10.2. The molecule has 0 spiro atoms. The molecule has 0 bridgehead atoms. The van der Waals surface area contributed by atoms with Crippen LogP contribution in [0.2, 0.25) is 0 Å². The molecule has 0 amide bonds. The first-order valence-corrected chi connectivity index (χ1v) is 9.37. The summed E-state index contributed by atoms with van der Waals surface area (Å²) >= 11 is 0.242. The zero-order valence-electron chi connectivity index (χ0n) is 12.4. The Morgan fingerprint density at radius 2 is 1.83 bits per heavy atom. The molecule has 2 heterocycles. The van der Waals surface area contributed by atoms with Crippen molar-refractivity contribution in [1.29, 1.82) is 0 Å². The van der Waals surface area contributed by atoms with Crippen molar-refractivity contribution in [3.8, 4) is 0 Å². The second kappa shape index (κ2) is 6.47. The van der Waals surface area contributed by atoms with Crippen LogP contribution in [-0.4, -0.2) is 32.5 Å². The summed E-state index contributed by atoms with van der Waals surface area (Å²) in [4.78, 5) is -0.925. The number of hydrogen-bond donors (Lipinski definition) is 0. The first-order valence-electron chi connectivity index (χ1n) is 7.12. The molecule has 0 radical (unpaired) electrons. The van der Waals surface area contributed by atoms with E-state index in [1.807, 2.05) is 0 Å². The molecule has 1 aromatic carbocycles. The summed E-state index contributed by atoms with van der Waals surface area (Å²) in [6.07, 6.45) is -4.55. The highest BCUT2D eigenvalue weighted by molar-refractivity contribution is 7.91. The number of morpholine rings is 1. The largest absolute Gasteiger partial charge is 0.425 e. The van der Waals surface area contributed by atoms with Gasteiger partial charge in [0.15, 0.2) is 0 Å². The Bertz CT molecular complexity index is 803. The van der Waals surface area contributed by atoms with Crippen LogP contribution in [0.4, 0.5) is 13.2 Å². The predicted octanol–water partition coefficient (Wildman–Crippen LogP) is 3.53. The summed E-state index contributed by atoms with van der Waals surface area (Å²) in [6.45, 7) is 0.474. The van der Waals surface area contributed by atoms with Crippen LogP contribution in [0, 0.1) is 0 Å². The zero-order valence-corrected chi connectivity index (χ0v) is 14.0. The van der Waals surface area contributed by atoms with E-state index < -0.39 is 27.1 Å². The van der Waals surface area contributed by atoms with Crippen molar-refractivity contribution in [2.75, 3.05) is 19.8 Å². The van der Waals surface area contributed by atoms with Gasteiger partial charge in [-0.3, -0.25) is 0 Å². The fourth-order valence-corrected chi connectivity index (χ4v) is 5.43. The molecule has 4 nitrogen and oxygen atoms in total. The minimum Gasteiger partial charge on any atom is -0.378 e. The van der Waals surface area contributed by atoms with Gasteiger partial charge in [-0.15, -0.1) is 11.3 Å². The topological polar surface area (TPSA) is 46.6 Å². The minimum atomic E-state index is -4.55. The predicted molar refractivity (Wildman–Crippen MR) is 83.2 cm³/mol. The number of ether oxygens (including phenoxy) is 1. The fraction of sp³-hybridized carbons (Fsp3) is 0.333. The van der Waals surface area contributed by atoms with Crippen LogP contribution in [0.15, 0.2) is 46.7 Å². The lowest BCUT2D eigenvalue weighted by Gasteiger charge is -2.34. The molecule has 1 unspecified atom stereocenters. The average molecular weight is 377 g/mol. The van der Waals surface area contributed by atoms with Crippen molar-refractivity contribution >= 4 is 21.4 Å². The lowest BCUT2D eigenvalue weighted by Crippen LogP contribution is -2.43. The van der Waals surface area contributed by atoms with Gasteiger partial charge in [0.25, 0.3) is 10.0 Å². The van der Waals surface area contributed by atoms with Crippen molar-refractivity contribution in [2.24, 2.45) is 0 Å². The third-order valence-electron chi connectivity index (χ3n) is 3.69. The van der Waals surface area contributed by atoms with Gasteiger partial charge in [-0.05, 0) is 17.7 Å². The van der Waals surface area contributed by atoms with E-state index in [0.29, 0.717) is 0 Å². The Morgan fingerprint density at radius 1 is 1.12 bits per heavy atom. The maximum absolute atomic E-state index is 12.8. The lowest BCUT2D eigenvalue weighted by molar-refractivity contribution is -0.134. The molecule has 0 saturated carbocycles. The van der Waals surface area contributed by atoms with Crippen molar-refractivity contribution < 1.29 is 26.3 Å². The highest BCUT2D eigenvalue weighted by Gasteiger charge is 2.38. The molecule has 3 rings (SSSR count). The van der Waals surface area contributed by atoms with E-state index >= 15 is 0 Å². The Morgan fingerprint density at radius 3 is 2.46 bits per heavy atom. The van der Waals surface area contributed by atoms with Gasteiger partial charge in [0.2, 0.25) is 0 Å². The number of benzene rings is 1. The fourth-order valence-electron chi connectivity index (χ4n) is 2.54. The molecule has 1 aliphatic heterocycles. The number of rotatable bonds is 3. The van der Waals surface area contributed by atoms with Crippen molar-refractivity contribution in [3.63, 3.8) is 0 Å². The zero-order chi connectivity index (χ0) is 17.4. The number of alkyl halides is 3. The standard InChI is InChI=1S/C15H14F3NO3S2/c16-15(17,18)13-6-7-14(23-13)24(20,21)19-8-9-22-10-12(19)11-4-2-1-3-5-11/h1-7,12H,8-10H2. The quantitative estimate of drug-likeness (QED) is 0.822. The van der Waals surface area contributed by atoms with Gasteiger partial charge in [0.05, 0.1) is 19.3 Å². The van der Waals surface area contributed by atoms with Gasteiger partial charge >= 0.3 is 6.18 Å². The minimum absolute atomic E-state index is 0.0984. The molecule has 2 aromatic rings. The summed E-state index contributed by atoms with van der Waals surface area (Å²) < 4.78 is 70.2. The monoisotopic (exact) mass is 377 g/mol. The van der Waals surface area contributed by atoms with Gasteiger partial charge in [-0.1, -0.05) is 30.3 Å². The molecule has 1 saturated heterocycles. The van der Waals surface area contributed by atoms with Crippen LogP contribution < -0.4 is 0 Å². The molecule has 1 atom stereocenters. The van der Waals surface area contributed by atoms with E-state index in [4.69, 9.17) is 4.74 Å². The third-order valence-corrected chi connectivity index (χ3v) is 7.19. The number of hydrogen-bond acceptors (Lipinski definition) is 4. The van der Waals surface area contributed by atoms with Crippen molar-refractivity contribution in [1.82, 2.24) is 4.31 Å². The van der Waals surface area contributed by atoms with E-state index in [2.05, 4.69) is 0 Å². The molecular weight excluding hydrogens is 363 g/mol. The summed E-state index contributed by atoms with van der Waals surface area (Å²) in [5.41, 5.74) is 0.744. The van der Waals surface area contributed by atoms with Crippen molar-refractivity contribution in [2.45, 2.75) is 16.4 Å². The number of sulfonamides is 1. The highest BCUT2D eigenvalue weighted by atomic mass is 32.2. The average Bonchev–Trinajstić information content (AvgIpc) is 3.07. The maximum atomic E-state index is 12.8. The van der Waals surface area contributed by atoms with Crippen LogP contribution in [0.3, 0.4) is 0 Å². The van der Waals surface area contributed by atoms with E-state index in [9.17, 15) is 21.6 Å². The summed E-state index contributed by atoms with van der Waals surface area (Å²) in [5.74, 6) is 0.